The van der Waals surface area contributed by atoms with E-state index < -0.39 is 0 Å². The van der Waals surface area contributed by atoms with E-state index in [0.717, 1.165) is 27.8 Å². The van der Waals surface area contributed by atoms with E-state index in [1.165, 1.54) is 34.5 Å². The molecule has 0 fully saturated rings. The lowest BCUT2D eigenvalue weighted by Crippen LogP contribution is -2.13. The van der Waals surface area contributed by atoms with Gasteiger partial charge in [0.05, 0.1) is 57.8 Å². The normalized spacial score (nSPS) is 11.5. The van der Waals surface area contributed by atoms with Gasteiger partial charge in [0.2, 0.25) is 5.88 Å². The topological polar surface area (TPSA) is 115 Å². The minimum absolute atomic E-state index is 0.0147. The summed E-state index contributed by atoms with van der Waals surface area (Å²) in [5.74, 6) is 2.42. The zero-order valence-corrected chi connectivity index (χ0v) is 23.9. The quantitative estimate of drug-likeness (QED) is 0.0993. The predicted octanol–water partition coefficient (Wildman–Crippen LogP) is 5.55. The van der Waals surface area contributed by atoms with Crippen molar-refractivity contribution in [3.63, 3.8) is 0 Å². The van der Waals surface area contributed by atoms with Crippen molar-refractivity contribution < 1.29 is 33.6 Å². The summed E-state index contributed by atoms with van der Waals surface area (Å²) in [7, 11) is 4.81. The maximum Gasteiger partial charge on any atom is 0.207 e. The third kappa shape index (κ3) is 6.19. The molecular formula is C29H33FN4O6S. The van der Waals surface area contributed by atoms with Crippen molar-refractivity contribution in [2.24, 2.45) is 7.05 Å². The first-order chi connectivity index (χ1) is 19.9. The molecule has 41 heavy (non-hydrogen) atoms. The molecule has 0 amide bonds. The summed E-state index contributed by atoms with van der Waals surface area (Å²) < 4.78 is 39.6. The number of H-pyrrole nitrogens is 1. The van der Waals surface area contributed by atoms with E-state index in [4.69, 9.17) is 18.9 Å². The molecule has 0 radical (unpaired) electrons. The Morgan fingerprint density at radius 2 is 1.71 bits per heavy atom. The number of hydrogen-bond acceptors (Lipinski definition) is 8. The van der Waals surface area contributed by atoms with Gasteiger partial charge in [-0.2, -0.15) is 0 Å². The van der Waals surface area contributed by atoms with Crippen molar-refractivity contribution in [1.29, 1.82) is 0 Å². The summed E-state index contributed by atoms with van der Waals surface area (Å²) in [6.07, 6.45) is 0. The van der Waals surface area contributed by atoms with Gasteiger partial charge in [0.25, 0.3) is 0 Å². The number of hydrogen-bond donors (Lipinski definition) is 4. The number of thioether (sulfide) groups is 1. The van der Waals surface area contributed by atoms with E-state index in [1.54, 1.807) is 27.3 Å². The minimum Gasteiger partial charge on any atom is -0.494 e. The molecule has 1 aliphatic heterocycles. The SMILES string of the molecule is COc1cc2cc3c(Nc4cccc(F)c4)n(CCOCCOCCSc4cc(O)n(C)c4O)[nH]c-3c2cc1OC. The van der Waals surface area contributed by atoms with Crippen LogP contribution in [0.2, 0.25) is 0 Å². The van der Waals surface area contributed by atoms with Gasteiger partial charge in [0, 0.05) is 35.5 Å². The highest BCUT2D eigenvalue weighted by molar-refractivity contribution is 7.99. The highest BCUT2D eigenvalue weighted by Gasteiger charge is 2.22. The summed E-state index contributed by atoms with van der Waals surface area (Å²) in [6.45, 7) is 2.27. The monoisotopic (exact) mass is 584 g/mol. The standard InChI is InChI=1S/C29H33FN4O6S/c1-33-26(35)17-25(29(33)36)41-12-11-40-10-9-39-8-7-34-28(31-20-6-4-5-19(30)15-20)22-13-18-14-23(37-2)24(38-3)16-21(18)27(22)32-34/h4-6,13-17,31-32,35-36H,7-12H2,1-3H3. The maximum absolute atomic E-state index is 13.9. The molecule has 0 spiro atoms. The Morgan fingerprint density at radius 1 is 0.951 bits per heavy atom. The van der Waals surface area contributed by atoms with Crippen LogP contribution in [-0.4, -0.2) is 71.0 Å². The van der Waals surface area contributed by atoms with Crippen molar-refractivity contribution >= 4 is 34.0 Å². The number of rotatable bonds is 14. The average molecular weight is 585 g/mol. The third-order valence-electron chi connectivity index (χ3n) is 6.71. The summed E-state index contributed by atoms with van der Waals surface area (Å²) >= 11 is 1.41. The molecule has 10 nitrogen and oxygen atoms in total. The first-order valence-electron chi connectivity index (χ1n) is 13.0. The largest absolute Gasteiger partial charge is 0.494 e. The highest BCUT2D eigenvalue weighted by atomic mass is 32.2. The fourth-order valence-corrected chi connectivity index (χ4v) is 5.48. The molecule has 2 aromatic carbocycles. The smallest absolute Gasteiger partial charge is 0.207 e. The number of nitrogens with zero attached hydrogens (tertiary/aromatic N) is 2. The van der Waals surface area contributed by atoms with Gasteiger partial charge in [-0.1, -0.05) is 6.07 Å². The molecule has 0 unspecified atom stereocenters. The number of methoxy groups -OCH3 is 2. The predicted molar refractivity (Wildman–Crippen MR) is 157 cm³/mol. The van der Waals surface area contributed by atoms with E-state index in [0.29, 0.717) is 60.8 Å². The van der Waals surface area contributed by atoms with Crippen LogP contribution in [0.1, 0.15) is 0 Å². The Labute approximate surface area is 240 Å². The molecule has 0 bridgehead atoms. The second-order valence-electron chi connectivity index (χ2n) is 9.30. The zero-order valence-electron chi connectivity index (χ0n) is 23.1. The molecule has 0 atom stereocenters. The Hall–Kier alpha value is -4.00. The van der Waals surface area contributed by atoms with Gasteiger partial charge in [-0.3, -0.25) is 14.3 Å². The Balaban J connectivity index is 1.21. The first kappa shape index (κ1) is 28.5. The molecule has 0 saturated carbocycles. The van der Waals surface area contributed by atoms with Crippen molar-refractivity contribution in [3.8, 4) is 34.5 Å². The molecular weight excluding hydrogens is 551 g/mol. The van der Waals surface area contributed by atoms with E-state index in [2.05, 4.69) is 16.5 Å². The second-order valence-corrected chi connectivity index (χ2v) is 10.4. The van der Waals surface area contributed by atoms with Crippen LogP contribution >= 0.6 is 11.8 Å². The lowest BCUT2D eigenvalue weighted by atomic mass is 10.2. The van der Waals surface area contributed by atoms with Crippen molar-refractivity contribution in [2.75, 3.05) is 51.7 Å². The molecule has 4 N–H and O–H groups in total. The fraction of sp³-hybridized carbons (Fsp3) is 0.310. The summed E-state index contributed by atoms with van der Waals surface area (Å²) in [5.41, 5.74) is 2.49. The third-order valence-corrected chi connectivity index (χ3v) is 7.69. The van der Waals surface area contributed by atoms with Crippen LogP contribution in [0, 0.1) is 5.82 Å². The van der Waals surface area contributed by atoms with Gasteiger partial charge in [-0.05, 0) is 41.8 Å². The van der Waals surface area contributed by atoms with Crippen LogP contribution in [-0.2, 0) is 23.1 Å². The van der Waals surface area contributed by atoms with Gasteiger partial charge >= 0.3 is 0 Å². The summed E-state index contributed by atoms with van der Waals surface area (Å²) in [6, 6.07) is 13.8. The molecule has 3 aromatic rings. The van der Waals surface area contributed by atoms with E-state index in [1.807, 2.05) is 22.9 Å². The second kappa shape index (κ2) is 12.7. The zero-order chi connectivity index (χ0) is 28.9. The highest BCUT2D eigenvalue weighted by Crippen LogP contribution is 2.44. The van der Waals surface area contributed by atoms with Crippen LogP contribution in [0.5, 0.6) is 23.3 Å². The molecule has 2 aliphatic rings. The van der Waals surface area contributed by atoms with E-state index >= 15 is 0 Å². The van der Waals surface area contributed by atoms with Gasteiger partial charge in [-0.25, -0.2) is 4.39 Å². The Bertz CT molecular complexity index is 1600. The van der Waals surface area contributed by atoms with Gasteiger partial charge in [-0.15, -0.1) is 11.8 Å². The average Bonchev–Trinajstić information content (AvgIpc) is 3.57. The molecule has 5 rings (SSSR count). The minimum atomic E-state index is -0.323. The first-order valence-corrected chi connectivity index (χ1v) is 14.0. The number of ether oxygens (including phenoxy) is 4. The Kier molecular flexibility index (Phi) is 8.81. The number of fused-ring (bicyclic) bond motifs is 3. The lowest BCUT2D eigenvalue weighted by Gasteiger charge is -2.12. The summed E-state index contributed by atoms with van der Waals surface area (Å²) in [5, 5.41) is 28.4. The molecule has 12 heteroatoms. The van der Waals surface area contributed by atoms with E-state index in [9.17, 15) is 14.6 Å². The van der Waals surface area contributed by atoms with Crippen molar-refractivity contribution in [2.45, 2.75) is 11.4 Å². The number of aromatic amines is 1. The Morgan fingerprint density at radius 3 is 2.41 bits per heavy atom. The lowest BCUT2D eigenvalue weighted by molar-refractivity contribution is 0.0499. The molecule has 1 aliphatic carbocycles. The number of anilines is 2. The van der Waals surface area contributed by atoms with Crippen LogP contribution in [0.15, 0.2) is 53.4 Å². The molecule has 1 aromatic heterocycles. The van der Waals surface area contributed by atoms with Crippen molar-refractivity contribution in [1.82, 2.24) is 14.3 Å². The van der Waals surface area contributed by atoms with Crippen LogP contribution in [0.3, 0.4) is 0 Å². The number of benzene rings is 2. The van der Waals surface area contributed by atoms with Gasteiger partial charge in [0.1, 0.15) is 11.6 Å². The van der Waals surface area contributed by atoms with Crippen LogP contribution in [0.25, 0.3) is 22.0 Å². The summed E-state index contributed by atoms with van der Waals surface area (Å²) in [4.78, 5) is 0.611. The number of aromatic nitrogens is 3. The maximum atomic E-state index is 13.9. The number of aromatic hydroxyl groups is 2. The van der Waals surface area contributed by atoms with Gasteiger partial charge < -0.3 is 34.5 Å². The molecule has 2 heterocycles. The number of halogens is 1. The molecule has 218 valence electrons. The number of nitrogens with one attached hydrogen (secondary N) is 2. The van der Waals surface area contributed by atoms with Crippen molar-refractivity contribution in [3.05, 3.63) is 54.3 Å². The van der Waals surface area contributed by atoms with Crippen LogP contribution in [0.4, 0.5) is 15.9 Å². The van der Waals surface area contributed by atoms with E-state index in [-0.39, 0.29) is 17.6 Å². The molecule has 0 saturated heterocycles. The fourth-order valence-electron chi connectivity index (χ4n) is 4.60. The van der Waals surface area contributed by atoms with Gasteiger partial charge in [0.15, 0.2) is 17.4 Å². The van der Waals surface area contributed by atoms with Crippen LogP contribution < -0.4 is 14.8 Å².